The lowest BCUT2D eigenvalue weighted by atomic mass is 10.0. The molecule has 4 heteroatoms. The van der Waals surface area contributed by atoms with E-state index in [0.717, 1.165) is 50.2 Å². The Morgan fingerprint density at radius 3 is 2.52 bits per heavy atom. The molecule has 1 heterocycles. The van der Waals surface area contributed by atoms with Crippen molar-refractivity contribution in [1.82, 2.24) is 10.2 Å². The van der Waals surface area contributed by atoms with Gasteiger partial charge in [0.1, 0.15) is 5.75 Å². The van der Waals surface area contributed by atoms with Crippen molar-refractivity contribution >= 4 is 5.91 Å². The minimum absolute atomic E-state index is 0.244. The predicted molar refractivity (Wildman–Crippen MR) is 84.6 cm³/mol. The van der Waals surface area contributed by atoms with Crippen LogP contribution in [0.3, 0.4) is 0 Å². The monoisotopic (exact) mass is 290 g/mol. The molecule has 0 atom stereocenters. The molecule has 116 valence electrons. The highest BCUT2D eigenvalue weighted by Crippen LogP contribution is 2.16. The fourth-order valence-electron chi connectivity index (χ4n) is 2.89. The van der Waals surface area contributed by atoms with Gasteiger partial charge in [0.05, 0.1) is 13.5 Å². The highest BCUT2D eigenvalue weighted by molar-refractivity contribution is 5.79. The molecule has 1 amide bonds. The van der Waals surface area contributed by atoms with Crippen molar-refractivity contribution in [2.75, 3.05) is 26.7 Å². The minimum Gasteiger partial charge on any atom is -0.497 e. The molecule has 0 aromatic heterocycles. The molecule has 1 aromatic rings. The summed E-state index contributed by atoms with van der Waals surface area (Å²) in [6, 6.07) is 8.18. The van der Waals surface area contributed by atoms with Crippen molar-refractivity contribution in [1.29, 1.82) is 0 Å². The molecule has 0 aliphatic carbocycles. The topological polar surface area (TPSA) is 41.6 Å². The standard InChI is InChI=1S/C17H26N2O2/c1-3-12-19(15-8-10-18-11-9-15)17(20)13-14-4-6-16(21-2)7-5-14/h4-7,15,18H,3,8-13H2,1-2H3. The number of piperidine rings is 1. The average molecular weight is 290 g/mol. The van der Waals surface area contributed by atoms with Crippen LogP contribution >= 0.6 is 0 Å². The maximum Gasteiger partial charge on any atom is 0.227 e. The average Bonchev–Trinajstić information content (AvgIpc) is 2.54. The predicted octanol–water partition coefficient (Wildman–Crippen LogP) is 2.23. The van der Waals surface area contributed by atoms with E-state index in [1.54, 1.807) is 7.11 Å². The molecular weight excluding hydrogens is 264 g/mol. The second-order valence-electron chi connectivity index (χ2n) is 5.59. The number of ether oxygens (including phenoxy) is 1. The van der Waals surface area contributed by atoms with Crippen molar-refractivity contribution in [3.05, 3.63) is 29.8 Å². The third-order valence-corrected chi connectivity index (χ3v) is 4.05. The summed E-state index contributed by atoms with van der Waals surface area (Å²) in [7, 11) is 1.65. The molecule has 0 bridgehead atoms. The first-order valence-electron chi connectivity index (χ1n) is 7.87. The van der Waals surface area contributed by atoms with Crippen molar-refractivity contribution in [2.45, 2.75) is 38.6 Å². The number of carbonyl (C=O) groups is 1. The summed E-state index contributed by atoms with van der Waals surface area (Å²) >= 11 is 0. The summed E-state index contributed by atoms with van der Waals surface area (Å²) in [6.07, 6.45) is 3.62. The van der Waals surface area contributed by atoms with Gasteiger partial charge in [0.25, 0.3) is 0 Å². The molecular formula is C17H26N2O2. The summed E-state index contributed by atoms with van der Waals surface area (Å²) in [6.45, 7) is 5.02. The van der Waals surface area contributed by atoms with E-state index in [1.807, 2.05) is 24.3 Å². The van der Waals surface area contributed by atoms with Crippen molar-refractivity contribution in [3.8, 4) is 5.75 Å². The van der Waals surface area contributed by atoms with Gasteiger partial charge in [-0.25, -0.2) is 0 Å². The van der Waals surface area contributed by atoms with Crippen LogP contribution in [0.2, 0.25) is 0 Å². The van der Waals surface area contributed by atoms with Gasteiger partial charge >= 0.3 is 0 Å². The number of hydrogen-bond donors (Lipinski definition) is 1. The van der Waals surface area contributed by atoms with E-state index in [0.29, 0.717) is 12.5 Å². The zero-order valence-corrected chi connectivity index (χ0v) is 13.1. The van der Waals surface area contributed by atoms with Crippen LogP contribution in [0.15, 0.2) is 24.3 Å². The van der Waals surface area contributed by atoms with Crippen molar-refractivity contribution in [3.63, 3.8) is 0 Å². The third-order valence-electron chi connectivity index (χ3n) is 4.05. The Kier molecular flexibility index (Phi) is 6.05. The van der Waals surface area contributed by atoms with Crippen molar-refractivity contribution in [2.24, 2.45) is 0 Å². The van der Waals surface area contributed by atoms with E-state index in [2.05, 4.69) is 17.1 Å². The van der Waals surface area contributed by atoms with Crippen LogP contribution in [-0.2, 0) is 11.2 Å². The smallest absolute Gasteiger partial charge is 0.227 e. The molecule has 0 saturated carbocycles. The zero-order chi connectivity index (χ0) is 15.1. The highest BCUT2D eigenvalue weighted by Gasteiger charge is 2.24. The first kappa shape index (κ1) is 15.8. The van der Waals surface area contributed by atoms with E-state index in [9.17, 15) is 4.79 Å². The molecule has 1 fully saturated rings. The number of hydrogen-bond acceptors (Lipinski definition) is 3. The number of methoxy groups -OCH3 is 1. The summed E-state index contributed by atoms with van der Waals surface area (Å²) in [5, 5.41) is 3.36. The maximum absolute atomic E-state index is 12.6. The van der Waals surface area contributed by atoms with Gasteiger partial charge in [0.2, 0.25) is 5.91 Å². The van der Waals surface area contributed by atoms with Crippen LogP contribution in [0.4, 0.5) is 0 Å². The largest absolute Gasteiger partial charge is 0.497 e. The van der Waals surface area contributed by atoms with Gasteiger partial charge in [0.15, 0.2) is 0 Å². The molecule has 1 aromatic carbocycles. The molecule has 0 unspecified atom stereocenters. The molecule has 1 N–H and O–H groups in total. The second-order valence-corrected chi connectivity index (χ2v) is 5.59. The Labute approximate surface area is 127 Å². The van der Waals surface area contributed by atoms with Gasteiger partial charge in [-0.05, 0) is 50.0 Å². The molecule has 1 saturated heterocycles. The number of amides is 1. The van der Waals surface area contributed by atoms with Gasteiger partial charge in [-0.1, -0.05) is 19.1 Å². The molecule has 0 spiro atoms. The number of carbonyl (C=O) groups excluding carboxylic acids is 1. The summed E-state index contributed by atoms with van der Waals surface area (Å²) in [5.74, 6) is 1.07. The fraction of sp³-hybridized carbons (Fsp3) is 0.588. The van der Waals surface area contributed by atoms with Gasteiger partial charge in [0, 0.05) is 12.6 Å². The lowest BCUT2D eigenvalue weighted by molar-refractivity contribution is -0.133. The zero-order valence-electron chi connectivity index (χ0n) is 13.1. The molecule has 4 nitrogen and oxygen atoms in total. The van der Waals surface area contributed by atoms with Gasteiger partial charge in [-0.3, -0.25) is 4.79 Å². The highest BCUT2D eigenvalue weighted by atomic mass is 16.5. The summed E-state index contributed by atoms with van der Waals surface area (Å²) in [5.41, 5.74) is 1.05. The number of rotatable bonds is 6. The molecule has 21 heavy (non-hydrogen) atoms. The first-order valence-corrected chi connectivity index (χ1v) is 7.87. The Balaban J connectivity index is 1.99. The molecule has 1 aliphatic heterocycles. The van der Waals surface area contributed by atoms with E-state index in [1.165, 1.54) is 0 Å². The normalized spacial score (nSPS) is 15.7. The van der Waals surface area contributed by atoms with Gasteiger partial charge in [-0.2, -0.15) is 0 Å². The Morgan fingerprint density at radius 2 is 1.95 bits per heavy atom. The van der Waals surface area contributed by atoms with Crippen molar-refractivity contribution < 1.29 is 9.53 Å². The Hall–Kier alpha value is -1.55. The quantitative estimate of drug-likeness (QED) is 0.873. The summed E-state index contributed by atoms with van der Waals surface area (Å²) in [4.78, 5) is 14.7. The Morgan fingerprint density at radius 1 is 1.29 bits per heavy atom. The number of nitrogens with one attached hydrogen (secondary N) is 1. The number of benzene rings is 1. The van der Waals surface area contributed by atoms with E-state index in [4.69, 9.17) is 4.74 Å². The van der Waals surface area contributed by atoms with Crippen LogP contribution in [0.25, 0.3) is 0 Å². The molecule has 2 rings (SSSR count). The van der Waals surface area contributed by atoms with E-state index >= 15 is 0 Å². The third kappa shape index (κ3) is 4.46. The van der Waals surface area contributed by atoms with E-state index < -0.39 is 0 Å². The Bertz CT molecular complexity index is 439. The van der Waals surface area contributed by atoms with Gasteiger partial charge < -0.3 is 15.0 Å². The minimum atomic E-state index is 0.244. The van der Waals surface area contributed by atoms with Crippen LogP contribution in [0.1, 0.15) is 31.7 Å². The molecule has 0 radical (unpaired) electrons. The van der Waals surface area contributed by atoms with E-state index in [-0.39, 0.29) is 5.91 Å². The second kappa shape index (κ2) is 8.03. The summed E-state index contributed by atoms with van der Waals surface area (Å²) < 4.78 is 5.15. The number of nitrogens with zero attached hydrogens (tertiary/aromatic N) is 1. The SMILES string of the molecule is CCCN(C(=O)Cc1ccc(OC)cc1)C1CCNCC1. The van der Waals surface area contributed by atoms with Crippen LogP contribution < -0.4 is 10.1 Å². The molecule has 1 aliphatic rings. The maximum atomic E-state index is 12.6. The van der Waals surface area contributed by atoms with Crippen LogP contribution in [0.5, 0.6) is 5.75 Å². The van der Waals surface area contributed by atoms with Crippen LogP contribution in [0, 0.1) is 0 Å². The lowest BCUT2D eigenvalue weighted by Crippen LogP contribution is -2.47. The van der Waals surface area contributed by atoms with Gasteiger partial charge in [-0.15, -0.1) is 0 Å². The lowest BCUT2D eigenvalue weighted by Gasteiger charge is -2.34. The first-order chi connectivity index (χ1) is 10.2. The van der Waals surface area contributed by atoms with Crippen LogP contribution in [-0.4, -0.2) is 43.6 Å². The fourth-order valence-corrected chi connectivity index (χ4v) is 2.89.